The summed E-state index contributed by atoms with van der Waals surface area (Å²) >= 11 is 0.843. The van der Waals surface area contributed by atoms with Crippen LogP contribution in [-0.4, -0.2) is 46.0 Å². The molecule has 0 aromatic carbocycles. The molecule has 7 heteroatoms. The molecule has 0 N–H and O–H groups in total. The third-order valence-corrected chi connectivity index (χ3v) is 5.23. The van der Waals surface area contributed by atoms with E-state index in [1.165, 1.54) is 0 Å². The molecule has 3 rings (SSSR count). The number of thioether (sulfide) groups is 1. The molecule has 2 fully saturated rings. The molecule has 0 bridgehead atoms. The predicted octanol–water partition coefficient (Wildman–Crippen LogP) is 3.03. The van der Waals surface area contributed by atoms with Crippen LogP contribution in [0, 0.1) is 6.92 Å². The fourth-order valence-corrected chi connectivity index (χ4v) is 3.81. The Balaban J connectivity index is 1.70. The number of rotatable bonds is 3. The number of hydrogen-bond acceptors (Lipinski definition) is 5. The van der Waals surface area contributed by atoms with Crippen molar-refractivity contribution in [3.8, 4) is 0 Å². The number of piperidine rings is 1. The number of amides is 3. The summed E-state index contributed by atoms with van der Waals surface area (Å²) in [5, 5.41) is -0.410. The Bertz CT molecular complexity index is 709. The van der Waals surface area contributed by atoms with Crippen LogP contribution in [0.15, 0.2) is 21.5 Å². The van der Waals surface area contributed by atoms with Gasteiger partial charge in [-0.1, -0.05) is 0 Å². The number of carbonyl (C=O) groups is 3. The van der Waals surface area contributed by atoms with Gasteiger partial charge in [0.25, 0.3) is 11.1 Å². The smallest absolute Gasteiger partial charge is 0.294 e. The fraction of sp³-hybridized carbons (Fsp3) is 0.471. The summed E-state index contributed by atoms with van der Waals surface area (Å²) in [5.41, 5.74) is 0. The van der Waals surface area contributed by atoms with Gasteiger partial charge in [0.1, 0.15) is 18.1 Å². The number of likely N-dealkylation sites (tertiary alicyclic amines) is 1. The normalized spacial score (nSPS) is 23.4. The molecule has 0 spiro atoms. The standard InChI is InChI=1S/C17H20N2O4S/c1-11-5-3-4-8-18(11)15(20)10-19-16(21)14(24-17(19)22)9-13-7-6-12(2)23-13/h6-7,9,11H,3-5,8,10H2,1-2H3/b14-9-/t11-/m1/s1. The van der Waals surface area contributed by atoms with Gasteiger partial charge in [-0.15, -0.1) is 0 Å². The topological polar surface area (TPSA) is 70.8 Å². The third kappa shape index (κ3) is 3.40. The predicted molar refractivity (Wildman–Crippen MR) is 91.1 cm³/mol. The minimum atomic E-state index is -0.433. The highest BCUT2D eigenvalue weighted by Crippen LogP contribution is 2.32. The lowest BCUT2D eigenvalue weighted by Gasteiger charge is -2.34. The molecule has 24 heavy (non-hydrogen) atoms. The molecule has 1 aromatic rings. The monoisotopic (exact) mass is 348 g/mol. The zero-order chi connectivity index (χ0) is 17.3. The van der Waals surface area contributed by atoms with Crippen LogP contribution in [0.3, 0.4) is 0 Å². The van der Waals surface area contributed by atoms with Crippen molar-refractivity contribution in [1.82, 2.24) is 9.80 Å². The van der Waals surface area contributed by atoms with Crippen LogP contribution in [0.25, 0.3) is 6.08 Å². The van der Waals surface area contributed by atoms with Crippen molar-refractivity contribution in [2.24, 2.45) is 0 Å². The van der Waals surface area contributed by atoms with Crippen LogP contribution in [0.5, 0.6) is 0 Å². The maximum Gasteiger partial charge on any atom is 0.294 e. The Labute approximate surface area is 144 Å². The van der Waals surface area contributed by atoms with Gasteiger partial charge in [-0.05, 0) is 57.0 Å². The molecule has 0 unspecified atom stereocenters. The second-order valence-electron chi connectivity index (χ2n) is 6.15. The minimum absolute atomic E-state index is 0.160. The number of furan rings is 1. The highest BCUT2D eigenvalue weighted by Gasteiger charge is 2.38. The van der Waals surface area contributed by atoms with E-state index in [0.717, 1.165) is 41.7 Å². The lowest BCUT2D eigenvalue weighted by Crippen LogP contribution is -2.47. The Morgan fingerprint density at radius 3 is 2.83 bits per heavy atom. The van der Waals surface area contributed by atoms with Gasteiger partial charge in [0, 0.05) is 18.7 Å². The molecule has 6 nitrogen and oxygen atoms in total. The van der Waals surface area contributed by atoms with E-state index in [4.69, 9.17) is 4.42 Å². The molecule has 1 aromatic heterocycles. The van der Waals surface area contributed by atoms with Crippen LogP contribution in [0.1, 0.15) is 37.7 Å². The summed E-state index contributed by atoms with van der Waals surface area (Å²) in [6.07, 6.45) is 4.59. The van der Waals surface area contributed by atoms with Crippen LogP contribution >= 0.6 is 11.8 Å². The number of hydrogen-bond donors (Lipinski definition) is 0. The van der Waals surface area contributed by atoms with E-state index < -0.39 is 11.1 Å². The van der Waals surface area contributed by atoms with Gasteiger partial charge in [-0.2, -0.15) is 0 Å². The molecule has 0 aliphatic carbocycles. The molecule has 3 amide bonds. The first-order valence-corrected chi connectivity index (χ1v) is 8.88. The van der Waals surface area contributed by atoms with Crippen molar-refractivity contribution in [2.75, 3.05) is 13.1 Å². The Kier molecular flexibility index (Phi) is 4.80. The Morgan fingerprint density at radius 2 is 2.17 bits per heavy atom. The summed E-state index contributed by atoms with van der Waals surface area (Å²) in [5.74, 6) is 0.653. The first-order chi connectivity index (χ1) is 11.5. The second kappa shape index (κ2) is 6.84. The van der Waals surface area contributed by atoms with Crippen molar-refractivity contribution in [2.45, 2.75) is 39.2 Å². The Hall–Kier alpha value is -2.02. The van der Waals surface area contributed by atoms with E-state index in [0.29, 0.717) is 12.3 Å². The molecule has 2 saturated heterocycles. The van der Waals surface area contributed by atoms with Gasteiger partial charge in [0.05, 0.1) is 4.91 Å². The molecular weight excluding hydrogens is 328 g/mol. The van der Waals surface area contributed by atoms with Gasteiger partial charge in [0.15, 0.2) is 0 Å². The molecule has 0 saturated carbocycles. The molecule has 2 aliphatic rings. The average molecular weight is 348 g/mol. The largest absolute Gasteiger partial charge is 0.462 e. The van der Waals surface area contributed by atoms with Crippen LogP contribution in [0.4, 0.5) is 4.79 Å². The number of imide groups is 1. The van der Waals surface area contributed by atoms with Crippen molar-refractivity contribution < 1.29 is 18.8 Å². The van der Waals surface area contributed by atoms with Gasteiger partial charge >= 0.3 is 0 Å². The van der Waals surface area contributed by atoms with Crippen molar-refractivity contribution in [1.29, 1.82) is 0 Å². The number of carbonyl (C=O) groups excluding carboxylic acids is 3. The first kappa shape index (κ1) is 16.8. The molecule has 1 atom stereocenters. The molecular formula is C17H20N2O4S. The summed E-state index contributed by atoms with van der Waals surface area (Å²) in [6, 6.07) is 3.69. The van der Waals surface area contributed by atoms with Crippen molar-refractivity contribution in [3.05, 3.63) is 28.6 Å². The zero-order valence-corrected chi connectivity index (χ0v) is 14.6. The minimum Gasteiger partial charge on any atom is -0.462 e. The average Bonchev–Trinajstić information content (AvgIpc) is 3.06. The van der Waals surface area contributed by atoms with Gasteiger partial charge < -0.3 is 9.32 Å². The highest BCUT2D eigenvalue weighted by molar-refractivity contribution is 8.18. The Morgan fingerprint density at radius 1 is 1.38 bits per heavy atom. The number of aryl methyl sites for hydroxylation is 1. The molecule has 3 heterocycles. The van der Waals surface area contributed by atoms with Crippen molar-refractivity contribution in [3.63, 3.8) is 0 Å². The van der Waals surface area contributed by atoms with E-state index in [1.807, 2.05) is 13.8 Å². The maximum atomic E-state index is 12.5. The van der Waals surface area contributed by atoms with Gasteiger partial charge in [-0.25, -0.2) is 0 Å². The summed E-state index contributed by atoms with van der Waals surface area (Å²) in [6.45, 7) is 4.31. The van der Waals surface area contributed by atoms with E-state index in [9.17, 15) is 14.4 Å². The zero-order valence-electron chi connectivity index (χ0n) is 13.8. The SMILES string of the molecule is Cc1ccc(/C=C2\SC(=O)N(CC(=O)N3CCCC[C@H]3C)C2=O)o1. The number of nitrogens with zero attached hydrogens (tertiary/aromatic N) is 2. The van der Waals surface area contributed by atoms with E-state index in [2.05, 4.69) is 0 Å². The van der Waals surface area contributed by atoms with E-state index in [-0.39, 0.29) is 23.4 Å². The molecule has 128 valence electrons. The highest BCUT2D eigenvalue weighted by atomic mass is 32.2. The lowest BCUT2D eigenvalue weighted by atomic mass is 10.0. The van der Waals surface area contributed by atoms with Crippen LogP contribution in [-0.2, 0) is 9.59 Å². The maximum absolute atomic E-state index is 12.5. The van der Waals surface area contributed by atoms with E-state index >= 15 is 0 Å². The third-order valence-electron chi connectivity index (χ3n) is 4.32. The van der Waals surface area contributed by atoms with Crippen molar-refractivity contribution >= 4 is 34.9 Å². The van der Waals surface area contributed by atoms with Gasteiger partial charge in [0.2, 0.25) is 5.91 Å². The summed E-state index contributed by atoms with van der Waals surface area (Å²) in [7, 11) is 0. The van der Waals surface area contributed by atoms with Crippen LogP contribution in [0.2, 0.25) is 0 Å². The van der Waals surface area contributed by atoms with Crippen LogP contribution < -0.4 is 0 Å². The quantitative estimate of drug-likeness (QED) is 0.785. The first-order valence-electron chi connectivity index (χ1n) is 8.07. The van der Waals surface area contributed by atoms with Gasteiger partial charge in [-0.3, -0.25) is 19.3 Å². The fourth-order valence-electron chi connectivity index (χ4n) is 2.99. The summed E-state index contributed by atoms with van der Waals surface area (Å²) < 4.78 is 5.41. The van der Waals surface area contributed by atoms with E-state index in [1.54, 1.807) is 23.1 Å². The summed E-state index contributed by atoms with van der Waals surface area (Å²) in [4.78, 5) is 40.1. The molecule has 2 aliphatic heterocycles. The molecule has 0 radical (unpaired) electrons. The lowest BCUT2D eigenvalue weighted by molar-refractivity contribution is -0.138. The second-order valence-corrected chi connectivity index (χ2v) is 7.14.